The Hall–Kier alpha value is -1.99. The predicted molar refractivity (Wildman–Crippen MR) is 93.3 cm³/mol. The number of aromatic nitrogens is 2. The molecule has 24 heavy (non-hydrogen) atoms. The fourth-order valence-electron chi connectivity index (χ4n) is 2.77. The first-order chi connectivity index (χ1) is 11.5. The van der Waals surface area contributed by atoms with Gasteiger partial charge >= 0.3 is 11.8 Å². The summed E-state index contributed by atoms with van der Waals surface area (Å²) in [7, 11) is 0. The molecular formula is C16H17ClN4O2S. The smallest absolute Gasteiger partial charge is 0.313 e. The average molecular weight is 365 g/mol. The summed E-state index contributed by atoms with van der Waals surface area (Å²) in [5.41, 5.74) is 1.25. The van der Waals surface area contributed by atoms with E-state index in [0.717, 1.165) is 23.4 Å². The first-order valence-electron chi connectivity index (χ1n) is 7.66. The molecule has 0 saturated carbocycles. The van der Waals surface area contributed by atoms with Gasteiger partial charge in [0.15, 0.2) is 0 Å². The minimum atomic E-state index is -0.651. The number of aryl methyl sites for hydroxylation is 1. The van der Waals surface area contributed by atoms with Crippen molar-refractivity contribution in [3.8, 4) is 0 Å². The summed E-state index contributed by atoms with van der Waals surface area (Å²) in [6, 6.07) is 1.64. The van der Waals surface area contributed by atoms with E-state index < -0.39 is 11.8 Å². The Kier molecular flexibility index (Phi) is 5.11. The zero-order chi connectivity index (χ0) is 17.1. The van der Waals surface area contributed by atoms with Gasteiger partial charge in [0.1, 0.15) is 5.15 Å². The number of likely N-dealkylation sites (tertiary alicyclic amines) is 1. The Morgan fingerprint density at radius 2 is 2.25 bits per heavy atom. The van der Waals surface area contributed by atoms with Crippen molar-refractivity contribution in [3.05, 3.63) is 39.6 Å². The number of halogens is 1. The molecule has 1 atom stereocenters. The van der Waals surface area contributed by atoms with Crippen molar-refractivity contribution in [3.63, 3.8) is 0 Å². The summed E-state index contributed by atoms with van der Waals surface area (Å²) in [6.07, 6.45) is 5.07. The fourth-order valence-corrected chi connectivity index (χ4v) is 3.75. The highest BCUT2D eigenvalue weighted by molar-refractivity contribution is 7.09. The van der Waals surface area contributed by atoms with E-state index in [4.69, 9.17) is 11.6 Å². The van der Waals surface area contributed by atoms with Gasteiger partial charge in [-0.1, -0.05) is 11.6 Å². The van der Waals surface area contributed by atoms with Crippen molar-refractivity contribution >= 4 is 40.4 Å². The first kappa shape index (κ1) is 16.9. The van der Waals surface area contributed by atoms with Crippen LogP contribution < -0.4 is 5.32 Å². The summed E-state index contributed by atoms with van der Waals surface area (Å²) in [5.74, 6) is -0.970. The van der Waals surface area contributed by atoms with Gasteiger partial charge in [-0.25, -0.2) is 9.97 Å². The van der Waals surface area contributed by atoms with Gasteiger partial charge in [-0.3, -0.25) is 9.59 Å². The number of carbonyl (C=O) groups excluding carboxylic acids is 2. The van der Waals surface area contributed by atoms with Gasteiger partial charge in [-0.15, -0.1) is 11.3 Å². The minimum absolute atomic E-state index is 0.203. The van der Waals surface area contributed by atoms with Gasteiger partial charge in [-0.05, 0) is 31.4 Å². The summed E-state index contributed by atoms with van der Waals surface area (Å²) >= 11 is 7.39. The third kappa shape index (κ3) is 3.73. The molecule has 0 aliphatic carbocycles. The van der Waals surface area contributed by atoms with Crippen LogP contribution in [-0.4, -0.2) is 39.8 Å². The van der Waals surface area contributed by atoms with Crippen LogP contribution in [0.4, 0.5) is 5.69 Å². The monoisotopic (exact) mass is 364 g/mol. The van der Waals surface area contributed by atoms with Crippen molar-refractivity contribution in [1.29, 1.82) is 0 Å². The summed E-state index contributed by atoms with van der Waals surface area (Å²) in [5, 5.41) is 5.92. The van der Waals surface area contributed by atoms with Crippen molar-refractivity contribution in [2.24, 2.45) is 0 Å². The van der Waals surface area contributed by atoms with E-state index in [1.54, 1.807) is 35.4 Å². The topological polar surface area (TPSA) is 75.2 Å². The van der Waals surface area contributed by atoms with Crippen molar-refractivity contribution in [1.82, 2.24) is 14.9 Å². The lowest BCUT2D eigenvalue weighted by atomic mass is 9.98. The molecule has 0 bridgehead atoms. The molecule has 0 spiro atoms. The number of anilines is 1. The highest BCUT2D eigenvalue weighted by Gasteiger charge is 2.29. The molecule has 2 aromatic heterocycles. The first-order valence-corrected chi connectivity index (χ1v) is 8.92. The lowest BCUT2D eigenvalue weighted by Gasteiger charge is -2.31. The van der Waals surface area contributed by atoms with Gasteiger partial charge in [-0.2, -0.15) is 0 Å². The quantitative estimate of drug-likeness (QED) is 0.656. The van der Waals surface area contributed by atoms with Crippen LogP contribution in [0.15, 0.2) is 23.8 Å². The van der Waals surface area contributed by atoms with Crippen LogP contribution in [0.5, 0.6) is 0 Å². The molecule has 3 heterocycles. The van der Waals surface area contributed by atoms with E-state index in [9.17, 15) is 9.59 Å². The van der Waals surface area contributed by atoms with Gasteiger partial charge < -0.3 is 10.2 Å². The van der Waals surface area contributed by atoms with Crippen molar-refractivity contribution in [2.75, 3.05) is 18.4 Å². The summed E-state index contributed by atoms with van der Waals surface area (Å²) in [6.45, 7) is 2.91. The molecule has 1 saturated heterocycles. The molecule has 3 rings (SSSR count). The van der Waals surface area contributed by atoms with Gasteiger partial charge in [0, 0.05) is 30.6 Å². The molecule has 1 aliphatic heterocycles. The zero-order valence-electron chi connectivity index (χ0n) is 13.2. The van der Waals surface area contributed by atoms with Gasteiger partial charge in [0.05, 0.1) is 16.9 Å². The second kappa shape index (κ2) is 7.27. The number of nitrogens with one attached hydrogen (secondary N) is 1. The van der Waals surface area contributed by atoms with Crippen LogP contribution >= 0.6 is 22.9 Å². The molecule has 0 aromatic carbocycles. The highest BCUT2D eigenvalue weighted by Crippen LogP contribution is 2.28. The molecule has 126 valence electrons. The van der Waals surface area contributed by atoms with E-state index in [0.29, 0.717) is 23.9 Å². The number of piperidine rings is 1. The normalized spacial score (nSPS) is 17.6. The Morgan fingerprint density at radius 1 is 1.42 bits per heavy atom. The van der Waals surface area contributed by atoms with E-state index in [1.807, 2.05) is 5.38 Å². The number of hydrogen-bond donors (Lipinski definition) is 1. The van der Waals surface area contributed by atoms with E-state index >= 15 is 0 Å². The van der Waals surface area contributed by atoms with Crippen molar-refractivity contribution < 1.29 is 9.59 Å². The number of rotatable bonds is 2. The summed E-state index contributed by atoms with van der Waals surface area (Å²) in [4.78, 5) is 34.6. The van der Waals surface area contributed by atoms with E-state index in [1.165, 1.54) is 6.20 Å². The van der Waals surface area contributed by atoms with Gasteiger partial charge in [0.2, 0.25) is 0 Å². The molecule has 6 nitrogen and oxygen atoms in total. The summed E-state index contributed by atoms with van der Waals surface area (Å²) < 4.78 is 0. The van der Waals surface area contributed by atoms with E-state index in [-0.39, 0.29) is 5.92 Å². The standard InChI is InChI=1S/C16H17ClN4O2S/c1-10-7-13(17)19-8-12(10)20-14(22)16(23)21-5-2-3-11(9-21)15-18-4-6-24-15/h4,6-8,11H,2-3,5,9H2,1H3,(H,20,22)/t11-/m0/s1. The number of thiazole rings is 1. The van der Waals surface area contributed by atoms with Crippen LogP contribution in [-0.2, 0) is 9.59 Å². The molecule has 1 fully saturated rings. The molecular weight excluding hydrogens is 348 g/mol. The maximum absolute atomic E-state index is 12.4. The lowest BCUT2D eigenvalue weighted by molar-refractivity contribution is -0.144. The number of carbonyl (C=O) groups is 2. The lowest BCUT2D eigenvalue weighted by Crippen LogP contribution is -2.44. The Balaban J connectivity index is 1.65. The molecule has 1 N–H and O–H groups in total. The number of pyridine rings is 1. The number of nitrogens with zero attached hydrogens (tertiary/aromatic N) is 3. The fraction of sp³-hybridized carbons (Fsp3) is 0.375. The Bertz CT molecular complexity index is 751. The molecule has 0 unspecified atom stereocenters. The highest BCUT2D eigenvalue weighted by atomic mass is 35.5. The van der Waals surface area contributed by atoms with Crippen LogP contribution in [0, 0.1) is 6.92 Å². The third-order valence-electron chi connectivity index (χ3n) is 4.03. The van der Waals surface area contributed by atoms with Crippen LogP contribution in [0.1, 0.15) is 29.3 Å². The second-order valence-electron chi connectivity index (χ2n) is 5.74. The van der Waals surface area contributed by atoms with Gasteiger partial charge in [0.25, 0.3) is 0 Å². The van der Waals surface area contributed by atoms with Crippen LogP contribution in [0.3, 0.4) is 0 Å². The molecule has 8 heteroatoms. The van der Waals surface area contributed by atoms with Crippen LogP contribution in [0.2, 0.25) is 5.15 Å². The maximum Gasteiger partial charge on any atom is 0.313 e. The number of amides is 2. The Labute approximate surface area is 148 Å². The molecule has 2 amide bonds. The predicted octanol–water partition coefficient (Wildman–Crippen LogP) is 2.84. The molecule has 1 aliphatic rings. The maximum atomic E-state index is 12.4. The third-order valence-corrected chi connectivity index (χ3v) is 5.17. The largest absolute Gasteiger partial charge is 0.334 e. The molecule has 2 aromatic rings. The van der Waals surface area contributed by atoms with E-state index in [2.05, 4.69) is 15.3 Å². The Morgan fingerprint density at radius 3 is 2.96 bits per heavy atom. The average Bonchev–Trinajstić information content (AvgIpc) is 3.11. The number of hydrogen-bond acceptors (Lipinski definition) is 5. The molecule has 0 radical (unpaired) electrons. The van der Waals surface area contributed by atoms with Crippen LogP contribution in [0.25, 0.3) is 0 Å². The zero-order valence-corrected chi connectivity index (χ0v) is 14.7. The SMILES string of the molecule is Cc1cc(Cl)ncc1NC(=O)C(=O)N1CCC[C@H](c2nccs2)C1. The van der Waals surface area contributed by atoms with Crippen molar-refractivity contribution in [2.45, 2.75) is 25.7 Å². The minimum Gasteiger partial charge on any atom is -0.334 e. The second-order valence-corrected chi connectivity index (χ2v) is 7.05.